The molecule has 1 aliphatic heterocycles. The van der Waals surface area contributed by atoms with Crippen LogP contribution in [-0.2, 0) is 0 Å². The minimum absolute atomic E-state index is 0.0112. The molecule has 1 aromatic heterocycles. The number of Topliss-reactive ketones (excluding diaryl/α,β-unsaturated/α-hetero) is 1. The van der Waals surface area contributed by atoms with E-state index >= 15 is 0 Å². The fourth-order valence-electron chi connectivity index (χ4n) is 1.42. The summed E-state index contributed by atoms with van der Waals surface area (Å²) < 4.78 is 5.43. The molecule has 0 atom stereocenters. The quantitative estimate of drug-likeness (QED) is 0.625. The molecule has 4 heteroatoms. The maximum Gasteiger partial charge on any atom is 0.171 e. The molecule has 74 valence electrons. The summed E-state index contributed by atoms with van der Waals surface area (Å²) in [6.07, 6.45) is 1.59. The third kappa shape index (κ3) is 1.43. The zero-order valence-electron chi connectivity index (χ0n) is 8.28. The molecule has 0 unspecified atom stereocenters. The van der Waals surface area contributed by atoms with Gasteiger partial charge in [0.25, 0.3) is 0 Å². The molecule has 2 rings (SSSR count). The first-order chi connectivity index (χ1) is 6.68. The monoisotopic (exact) mass is 192 g/mol. The van der Waals surface area contributed by atoms with Gasteiger partial charge >= 0.3 is 0 Å². The second kappa shape index (κ2) is 3.29. The largest absolute Gasteiger partial charge is 0.488 e. The van der Waals surface area contributed by atoms with Crippen molar-refractivity contribution in [2.45, 2.75) is 6.92 Å². The van der Waals surface area contributed by atoms with Crippen molar-refractivity contribution < 1.29 is 9.53 Å². The smallest absolute Gasteiger partial charge is 0.171 e. The van der Waals surface area contributed by atoms with E-state index in [4.69, 9.17) is 4.74 Å². The number of ether oxygens (including phenoxy) is 1. The first kappa shape index (κ1) is 8.99. The van der Waals surface area contributed by atoms with Crippen molar-refractivity contribution in [2.24, 2.45) is 0 Å². The van der Waals surface area contributed by atoms with Gasteiger partial charge < -0.3 is 9.64 Å². The van der Waals surface area contributed by atoms with Crippen LogP contribution in [0.4, 0.5) is 5.82 Å². The summed E-state index contributed by atoms with van der Waals surface area (Å²) in [6.45, 7) is 3.00. The molecule has 0 saturated carbocycles. The number of ketones is 1. The lowest BCUT2D eigenvalue weighted by Gasteiger charge is -2.26. The SMILES string of the molecule is CC(=O)c1cnc2c(c1)OCCN2C. The first-order valence-electron chi connectivity index (χ1n) is 4.53. The van der Waals surface area contributed by atoms with E-state index in [0.717, 1.165) is 12.4 Å². The molecule has 0 bridgehead atoms. The Labute approximate surface area is 82.5 Å². The molecule has 0 N–H and O–H groups in total. The van der Waals surface area contributed by atoms with E-state index in [9.17, 15) is 4.79 Å². The molecule has 0 saturated heterocycles. The highest BCUT2D eigenvalue weighted by Gasteiger charge is 2.17. The molecule has 0 radical (unpaired) electrons. The second-order valence-electron chi connectivity index (χ2n) is 3.37. The van der Waals surface area contributed by atoms with Crippen molar-refractivity contribution >= 4 is 11.6 Å². The third-order valence-corrected chi connectivity index (χ3v) is 2.29. The standard InChI is InChI=1S/C10H12N2O2/c1-7(13)8-5-9-10(11-6-8)12(2)3-4-14-9/h5-6H,3-4H2,1-2H3. The third-order valence-electron chi connectivity index (χ3n) is 2.29. The normalized spacial score (nSPS) is 14.6. The van der Waals surface area contributed by atoms with E-state index < -0.39 is 0 Å². The number of hydrogen-bond donors (Lipinski definition) is 0. The fraction of sp³-hybridized carbons (Fsp3) is 0.400. The highest BCUT2D eigenvalue weighted by molar-refractivity contribution is 5.94. The van der Waals surface area contributed by atoms with Crippen LogP contribution >= 0.6 is 0 Å². The van der Waals surface area contributed by atoms with Crippen LogP contribution in [0, 0.1) is 0 Å². The number of fused-ring (bicyclic) bond motifs is 1. The minimum atomic E-state index is 0.0112. The maximum absolute atomic E-state index is 11.1. The second-order valence-corrected chi connectivity index (χ2v) is 3.37. The number of hydrogen-bond acceptors (Lipinski definition) is 4. The predicted molar refractivity (Wildman–Crippen MR) is 53.0 cm³/mol. The van der Waals surface area contributed by atoms with Gasteiger partial charge in [-0.2, -0.15) is 0 Å². The Balaban J connectivity index is 2.44. The number of nitrogens with zero attached hydrogens (tertiary/aromatic N) is 2. The number of carbonyl (C=O) groups excluding carboxylic acids is 1. The molecule has 1 aliphatic rings. The van der Waals surface area contributed by atoms with Gasteiger partial charge in [-0.3, -0.25) is 4.79 Å². The molecular weight excluding hydrogens is 180 g/mol. The molecule has 0 amide bonds. The van der Waals surface area contributed by atoms with Crippen LogP contribution < -0.4 is 9.64 Å². The summed E-state index contributed by atoms with van der Waals surface area (Å²) in [6, 6.07) is 1.75. The summed E-state index contributed by atoms with van der Waals surface area (Å²) in [4.78, 5) is 17.3. The van der Waals surface area contributed by atoms with E-state index in [1.165, 1.54) is 6.92 Å². The lowest BCUT2D eigenvalue weighted by atomic mass is 10.2. The van der Waals surface area contributed by atoms with E-state index in [0.29, 0.717) is 17.9 Å². The zero-order chi connectivity index (χ0) is 10.1. The number of aromatic nitrogens is 1. The Kier molecular flexibility index (Phi) is 2.11. The van der Waals surface area contributed by atoms with Crippen molar-refractivity contribution in [1.82, 2.24) is 4.98 Å². The number of carbonyl (C=O) groups is 1. The van der Waals surface area contributed by atoms with Gasteiger partial charge in [0.2, 0.25) is 0 Å². The summed E-state index contributed by atoms with van der Waals surface area (Å²) in [5.74, 6) is 1.52. The highest BCUT2D eigenvalue weighted by Crippen LogP contribution is 2.28. The summed E-state index contributed by atoms with van der Waals surface area (Å²) in [5, 5.41) is 0. The Morgan fingerprint density at radius 3 is 3.14 bits per heavy atom. The Hall–Kier alpha value is -1.58. The Morgan fingerprint density at radius 2 is 2.43 bits per heavy atom. The lowest BCUT2D eigenvalue weighted by Crippen LogP contribution is -2.29. The van der Waals surface area contributed by atoms with Gasteiger partial charge in [0.05, 0.1) is 6.54 Å². The molecule has 0 aromatic carbocycles. The van der Waals surface area contributed by atoms with Crippen molar-refractivity contribution in [1.29, 1.82) is 0 Å². The van der Waals surface area contributed by atoms with Gasteiger partial charge in [0.15, 0.2) is 17.4 Å². The summed E-state index contributed by atoms with van der Waals surface area (Å²) >= 11 is 0. The van der Waals surface area contributed by atoms with Gasteiger partial charge in [0, 0.05) is 18.8 Å². The van der Waals surface area contributed by atoms with Crippen LogP contribution in [0.15, 0.2) is 12.3 Å². The lowest BCUT2D eigenvalue weighted by molar-refractivity contribution is 0.101. The molecule has 4 nitrogen and oxygen atoms in total. The fourth-order valence-corrected chi connectivity index (χ4v) is 1.42. The van der Waals surface area contributed by atoms with Crippen molar-refractivity contribution in [2.75, 3.05) is 25.1 Å². The van der Waals surface area contributed by atoms with E-state index in [1.807, 2.05) is 11.9 Å². The highest BCUT2D eigenvalue weighted by atomic mass is 16.5. The van der Waals surface area contributed by atoms with Gasteiger partial charge in [-0.25, -0.2) is 4.98 Å². The molecule has 1 aromatic rings. The maximum atomic E-state index is 11.1. The summed E-state index contributed by atoms with van der Waals surface area (Å²) in [7, 11) is 1.96. The van der Waals surface area contributed by atoms with Crippen molar-refractivity contribution in [3.05, 3.63) is 17.8 Å². The van der Waals surface area contributed by atoms with E-state index in [1.54, 1.807) is 12.3 Å². The average molecular weight is 192 g/mol. The summed E-state index contributed by atoms with van der Waals surface area (Å²) in [5.41, 5.74) is 0.596. The Bertz CT molecular complexity index is 376. The van der Waals surface area contributed by atoms with Gasteiger partial charge in [-0.1, -0.05) is 0 Å². The molecule has 0 fully saturated rings. The van der Waals surface area contributed by atoms with Gasteiger partial charge in [0.1, 0.15) is 6.61 Å². The van der Waals surface area contributed by atoms with Crippen molar-refractivity contribution in [3.8, 4) is 5.75 Å². The van der Waals surface area contributed by atoms with Gasteiger partial charge in [-0.05, 0) is 13.0 Å². The topological polar surface area (TPSA) is 42.4 Å². The van der Waals surface area contributed by atoms with Crippen LogP contribution in [0.2, 0.25) is 0 Å². The number of anilines is 1. The van der Waals surface area contributed by atoms with Crippen LogP contribution in [0.1, 0.15) is 17.3 Å². The van der Waals surface area contributed by atoms with Crippen LogP contribution in [0.3, 0.4) is 0 Å². The number of likely N-dealkylation sites (N-methyl/N-ethyl adjacent to an activating group) is 1. The first-order valence-corrected chi connectivity index (χ1v) is 4.53. The van der Waals surface area contributed by atoms with Crippen LogP contribution in [0.25, 0.3) is 0 Å². The predicted octanol–water partition coefficient (Wildman–Crippen LogP) is 1.11. The molecule has 14 heavy (non-hydrogen) atoms. The minimum Gasteiger partial charge on any atom is -0.488 e. The van der Waals surface area contributed by atoms with Gasteiger partial charge in [-0.15, -0.1) is 0 Å². The number of rotatable bonds is 1. The van der Waals surface area contributed by atoms with Crippen LogP contribution in [-0.4, -0.2) is 31.0 Å². The number of pyridine rings is 1. The molecule has 0 aliphatic carbocycles. The van der Waals surface area contributed by atoms with Crippen LogP contribution in [0.5, 0.6) is 5.75 Å². The Morgan fingerprint density at radius 1 is 1.64 bits per heavy atom. The zero-order valence-corrected chi connectivity index (χ0v) is 8.28. The molecular formula is C10H12N2O2. The van der Waals surface area contributed by atoms with E-state index in [2.05, 4.69) is 4.98 Å². The van der Waals surface area contributed by atoms with Crippen molar-refractivity contribution in [3.63, 3.8) is 0 Å². The molecule has 2 heterocycles. The van der Waals surface area contributed by atoms with E-state index in [-0.39, 0.29) is 5.78 Å². The average Bonchev–Trinajstić information content (AvgIpc) is 2.17. The molecule has 0 spiro atoms.